The highest BCUT2D eigenvalue weighted by atomic mass is 35.5. The van der Waals surface area contributed by atoms with E-state index in [9.17, 15) is 0 Å². The van der Waals surface area contributed by atoms with Gasteiger partial charge in [0.05, 0.1) is 11.2 Å². The smallest absolute Gasteiger partial charge is 0.0937 e. The van der Waals surface area contributed by atoms with Crippen molar-refractivity contribution in [3.05, 3.63) is 0 Å². The van der Waals surface area contributed by atoms with E-state index in [2.05, 4.69) is 12.2 Å². The summed E-state index contributed by atoms with van der Waals surface area (Å²) in [5.41, 5.74) is 0. The number of rotatable bonds is 0. The number of hydrogen-bond acceptors (Lipinski definition) is 1. The lowest BCUT2D eigenvalue weighted by Crippen LogP contribution is -2.33. The largest absolute Gasteiger partial charge is 0.369 e. The number of amidine groups is 1. The average Bonchev–Trinajstić information content (AvgIpc) is 2.42. The average molecular weight is 159 g/mol. The molecule has 0 aromatic carbocycles. The van der Waals surface area contributed by atoms with Gasteiger partial charge in [-0.25, -0.2) is 0 Å². The van der Waals surface area contributed by atoms with E-state index in [-0.39, 0.29) is 5.38 Å². The monoisotopic (exact) mass is 158 g/mol. The van der Waals surface area contributed by atoms with Gasteiger partial charge in [0.1, 0.15) is 0 Å². The Hall–Kier alpha value is -0.240. The van der Waals surface area contributed by atoms with Crippen LogP contribution in [0.25, 0.3) is 0 Å². The molecule has 56 valence electrons. The molecule has 0 amide bonds. The minimum atomic E-state index is 0.290. The molecule has 2 N–H and O–H groups in total. The highest BCUT2D eigenvalue weighted by Crippen LogP contribution is 2.46. The number of fused-ring (bicyclic) bond motifs is 1. The zero-order valence-corrected chi connectivity index (χ0v) is 6.65. The quantitative estimate of drug-likeness (QED) is 0.511. The van der Waals surface area contributed by atoms with E-state index in [4.69, 9.17) is 17.0 Å². The molecule has 2 aliphatic rings. The van der Waals surface area contributed by atoms with Crippen LogP contribution in [0.4, 0.5) is 0 Å². The first-order valence-corrected chi connectivity index (χ1v) is 4.12. The zero-order valence-electron chi connectivity index (χ0n) is 5.89. The van der Waals surface area contributed by atoms with E-state index in [1.807, 2.05) is 0 Å². The van der Waals surface area contributed by atoms with Gasteiger partial charge in [-0.3, -0.25) is 5.41 Å². The molecular weight excluding hydrogens is 148 g/mol. The van der Waals surface area contributed by atoms with Crippen molar-refractivity contribution in [3.8, 4) is 0 Å². The molecule has 4 unspecified atom stereocenters. The van der Waals surface area contributed by atoms with Crippen LogP contribution in [0.15, 0.2) is 0 Å². The van der Waals surface area contributed by atoms with Crippen LogP contribution in [0.3, 0.4) is 0 Å². The number of hydrogen-bond donors (Lipinski definition) is 2. The Labute approximate surface area is 65.5 Å². The summed E-state index contributed by atoms with van der Waals surface area (Å²) >= 11 is 5.96. The van der Waals surface area contributed by atoms with Crippen LogP contribution in [0.5, 0.6) is 0 Å². The Morgan fingerprint density at radius 1 is 1.70 bits per heavy atom. The van der Waals surface area contributed by atoms with Crippen LogP contribution < -0.4 is 5.32 Å². The van der Waals surface area contributed by atoms with E-state index < -0.39 is 0 Å². The predicted molar refractivity (Wildman–Crippen MR) is 41.6 cm³/mol. The Morgan fingerprint density at radius 2 is 2.40 bits per heavy atom. The number of alkyl halides is 1. The van der Waals surface area contributed by atoms with Gasteiger partial charge in [0, 0.05) is 18.4 Å². The summed E-state index contributed by atoms with van der Waals surface area (Å²) in [6, 6.07) is 0.415. The molecule has 1 aliphatic carbocycles. The van der Waals surface area contributed by atoms with Crippen molar-refractivity contribution in [2.75, 3.05) is 0 Å². The van der Waals surface area contributed by atoms with Crippen molar-refractivity contribution in [1.29, 1.82) is 5.41 Å². The second-order valence-electron chi connectivity index (χ2n) is 3.35. The third-order valence-corrected chi connectivity index (χ3v) is 3.07. The summed E-state index contributed by atoms with van der Waals surface area (Å²) in [6.45, 7) is 2.18. The van der Waals surface area contributed by atoms with Crippen molar-refractivity contribution in [3.63, 3.8) is 0 Å². The number of nitrogens with one attached hydrogen (secondary N) is 2. The zero-order chi connectivity index (χ0) is 7.30. The Kier molecular flexibility index (Phi) is 1.21. The lowest BCUT2D eigenvalue weighted by atomic mass is 9.98. The van der Waals surface area contributed by atoms with Crippen molar-refractivity contribution in [2.45, 2.75) is 24.8 Å². The molecule has 4 atom stereocenters. The second-order valence-corrected chi connectivity index (χ2v) is 3.86. The normalized spacial score (nSPS) is 51.6. The maximum atomic E-state index is 7.40. The van der Waals surface area contributed by atoms with E-state index in [1.54, 1.807) is 0 Å². The highest BCUT2D eigenvalue weighted by Gasteiger charge is 2.54. The maximum Gasteiger partial charge on any atom is 0.0937 e. The Bertz CT molecular complexity index is 170. The van der Waals surface area contributed by atoms with Crippen LogP contribution in [-0.2, 0) is 0 Å². The molecule has 10 heavy (non-hydrogen) atoms. The topological polar surface area (TPSA) is 35.9 Å². The fourth-order valence-corrected chi connectivity index (χ4v) is 2.41. The number of piperidine rings is 1. The summed E-state index contributed by atoms with van der Waals surface area (Å²) in [5.74, 6) is 1.91. The van der Waals surface area contributed by atoms with Crippen molar-refractivity contribution >= 4 is 17.4 Å². The molecule has 0 aromatic heterocycles. The highest BCUT2D eigenvalue weighted by molar-refractivity contribution is 6.24. The summed E-state index contributed by atoms with van der Waals surface area (Å²) in [7, 11) is 0. The predicted octanol–water partition coefficient (Wildman–Crippen LogP) is 1.20. The fraction of sp³-hybridized carbons (Fsp3) is 0.857. The summed E-state index contributed by atoms with van der Waals surface area (Å²) in [4.78, 5) is 0. The van der Waals surface area contributed by atoms with Gasteiger partial charge in [0.2, 0.25) is 0 Å². The van der Waals surface area contributed by atoms with Gasteiger partial charge in [-0.15, -0.1) is 11.6 Å². The first-order valence-electron chi connectivity index (χ1n) is 3.68. The van der Waals surface area contributed by atoms with E-state index in [0.717, 1.165) is 6.42 Å². The molecule has 1 saturated heterocycles. The molecular formula is C7H11ClN2. The van der Waals surface area contributed by atoms with Gasteiger partial charge in [-0.2, -0.15) is 0 Å². The molecule has 1 heterocycles. The molecule has 1 saturated carbocycles. The van der Waals surface area contributed by atoms with Gasteiger partial charge in [0.15, 0.2) is 0 Å². The molecule has 3 heteroatoms. The van der Waals surface area contributed by atoms with Crippen molar-refractivity contribution in [1.82, 2.24) is 5.32 Å². The van der Waals surface area contributed by atoms with Crippen LogP contribution in [0.1, 0.15) is 13.3 Å². The lowest BCUT2D eigenvalue weighted by molar-refractivity contribution is 0.473. The summed E-state index contributed by atoms with van der Waals surface area (Å²) < 4.78 is 0. The first kappa shape index (κ1) is 6.47. The minimum Gasteiger partial charge on any atom is -0.369 e. The first-order chi connectivity index (χ1) is 4.70. The van der Waals surface area contributed by atoms with Crippen molar-refractivity contribution < 1.29 is 0 Å². The lowest BCUT2D eigenvalue weighted by Gasteiger charge is -2.18. The summed E-state index contributed by atoms with van der Waals surface area (Å²) in [5, 5.41) is 10.8. The van der Waals surface area contributed by atoms with Crippen LogP contribution in [0, 0.1) is 17.2 Å². The molecule has 2 rings (SSSR count). The second kappa shape index (κ2) is 1.88. The maximum absolute atomic E-state index is 7.40. The van der Waals surface area contributed by atoms with E-state index in [1.165, 1.54) is 0 Å². The minimum absolute atomic E-state index is 0.290. The molecule has 2 nitrogen and oxygen atoms in total. The standard InChI is InChI=1S/C7H11ClN2/c1-3-2-4(9)10-7-5(3)6(7)8/h3,5-7H,2H2,1H3,(H2,9,10). The van der Waals surface area contributed by atoms with Crippen molar-refractivity contribution in [2.24, 2.45) is 11.8 Å². The van der Waals surface area contributed by atoms with Crippen LogP contribution in [0.2, 0.25) is 0 Å². The van der Waals surface area contributed by atoms with Gasteiger partial charge in [-0.05, 0) is 5.92 Å². The third-order valence-electron chi connectivity index (χ3n) is 2.51. The van der Waals surface area contributed by atoms with Gasteiger partial charge >= 0.3 is 0 Å². The fourth-order valence-electron chi connectivity index (χ4n) is 1.86. The van der Waals surface area contributed by atoms with Gasteiger partial charge in [-0.1, -0.05) is 6.92 Å². The Morgan fingerprint density at radius 3 is 3.00 bits per heavy atom. The summed E-state index contributed by atoms with van der Waals surface area (Å²) in [6.07, 6.45) is 0.879. The SMILES string of the molecule is CC1CC(=N)NC2C(Cl)C12. The molecule has 0 aromatic rings. The van der Waals surface area contributed by atoms with Crippen LogP contribution >= 0.6 is 11.6 Å². The Balaban J connectivity index is 2.09. The van der Waals surface area contributed by atoms with E-state index >= 15 is 0 Å². The third kappa shape index (κ3) is 0.749. The number of halogens is 1. The van der Waals surface area contributed by atoms with Gasteiger partial charge < -0.3 is 5.32 Å². The van der Waals surface area contributed by atoms with Gasteiger partial charge in [0.25, 0.3) is 0 Å². The molecule has 0 radical (unpaired) electrons. The molecule has 0 spiro atoms. The van der Waals surface area contributed by atoms with E-state index in [0.29, 0.717) is 23.7 Å². The van der Waals surface area contributed by atoms with Crippen LogP contribution in [-0.4, -0.2) is 17.3 Å². The molecule has 0 bridgehead atoms. The molecule has 2 fully saturated rings. The molecule has 1 aliphatic heterocycles.